The van der Waals surface area contributed by atoms with Gasteiger partial charge in [-0.2, -0.15) is 5.26 Å². The normalized spacial score (nSPS) is 22.3. The Morgan fingerprint density at radius 1 is 1.65 bits per heavy atom. The molecule has 0 radical (unpaired) electrons. The minimum Gasteiger partial charge on any atom is -0.352 e. The van der Waals surface area contributed by atoms with Crippen LogP contribution in [-0.4, -0.2) is 35.3 Å². The first-order valence-electron chi connectivity index (χ1n) is 5.81. The van der Waals surface area contributed by atoms with Crippen molar-refractivity contribution < 1.29 is 9.59 Å². The average Bonchev–Trinajstić information content (AvgIpc) is 2.30. The van der Waals surface area contributed by atoms with Crippen molar-refractivity contribution in [3.8, 4) is 6.07 Å². The molecule has 5 nitrogen and oxygen atoms in total. The summed E-state index contributed by atoms with van der Waals surface area (Å²) in [6.07, 6.45) is 0.441. The van der Waals surface area contributed by atoms with Gasteiger partial charge in [-0.05, 0) is 27.2 Å². The zero-order chi connectivity index (χ0) is 13.3. The third kappa shape index (κ3) is 2.12. The Hall–Kier alpha value is -1.57. The van der Waals surface area contributed by atoms with E-state index in [0.717, 1.165) is 0 Å². The van der Waals surface area contributed by atoms with Crippen LogP contribution in [0, 0.1) is 16.7 Å². The van der Waals surface area contributed by atoms with Crippen LogP contribution in [0.4, 0.5) is 0 Å². The fourth-order valence-corrected chi connectivity index (χ4v) is 1.83. The molecule has 1 atom stereocenters. The van der Waals surface area contributed by atoms with Crippen LogP contribution >= 0.6 is 0 Å². The van der Waals surface area contributed by atoms with E-state index in [0.29, 0.717) is 19.5 Å². The second kappa shape index (κ2) is 4.36. The summed E-state index contributed by atoms with van der Waals surface area (Å²) in [4.78, 5) is 25.6. The van der Waals surface area contributed by atoms with Gasteiger partial charge in [0.2, 0.25) is 11.8 Å². The number of hydrogen-bond donors (Lipinski definition) is 1. The van der Waals surface area contributed by atoms with Crippen LogP contribution < -0.4 is 5.32 Å². The monoisotopic (exact) mass is 237 g/mol. The summed E-state index contributed by atoms with van der Waals surface area (Å²) >= 11 is 0. The number of nitrogens with zero attached hydrogens (tertiary/aromatic N) is 2. The Bertz CT molecular complexity index is 384. The van der Waals surface area contributed by atoms with Gasteiger partial charge in [0.1, 0.15) is 11.0 Å². The van der Waals surface area contributed by atoms with Crippen molar-refractivity contribution in [1.82, 2.24) is 10.2 Å². The Morgan fingerprint density at radius 3 is 2.71 bits per heavy atom. The van der Waals surface area contributed by atoms with Crippen molar-refractivity contribution in [2.24, 2.45) is 5.41 Å². The van der Waals surface area contributed by atoms with E-state index in [1.165, 1.54) is 4.90 Å². The van der Waals surface area contributed by atoms with Gasteiger partial charge in [0.05, 0.1) is 6.07 Å². The van der Waals surface area contributed by atoms with Crippen LogP contribution in [0.3, 0.4) is 0 Å². The first kappa shape index (κ1) is 13.5. The summed E-state index contributed by atoms with van der Waals surface area (Å²) in [5.74, 6) is -0.434. The highest BCUT2D eigenvalue weighted by Crippen LogP contribution is 2.28. The highest BCUT2D eigenvalue weighted by Gasteiger charge is 2.46. The van der Waals surface area contributed by atoms with E-state index in [-0.39, 0.29) is 11.8 Å². The number of carbonyl (C=O) groups excluding carboxylic acids is 2. The molecular weight excluding hydrogens is 218 g/mol. The van der Waals surface area contributed by atoms with Crippen LogP contribution in [0.2, 0.25) is 0 Å². The van der Waals surface area contributed by atoms with E-state index in [9.17, 15) is 9.59 Å². The molecule has 1 aliphatic rings. The summed E-state index contributed by atoms with van der Waals surface area (Å²) in [6, 6.07) is 2.05. The molecule has 0 spiro atoms. The minimum absolute atomic E-state index is 0.173. The molecular formula is C12H19N3O2. The lowest BCUT2D eigenvalue weighted by molar-refractivity contribution is -0.154. The Morgan fingerprint density at radius 2 is 2.24 bits per heavy atom. The molecule has 0 saturated carbocycles. The molecule has 1 heterocycles. The molecule has 1 saturated heterocycles. The van der Waals surface area contributed by atoms with Gasteiger partial charge in [-0.3, -0.25) is 9.59 Å². The maximum Gasteiger partial charge on any atom is 0.245 e. The molecule has 17 heavy (non-hydrogen) atoms. The first-order valence-corrected chi connectivity index (χ1v) is 5.81. The number of hydrogen-bond acceptors (Lipinski definition) is 3. The van der Waals surface area contributed by atoms with E-state index < -0.39 is 11.0 Å². The Balaban J connectivity index is 3.04. The van der Waals surface area contributed by atoms with Gasteiger partial charge in [0.25, 0.3) is 0 Å². The fourth-order valence-electron chi connectivity index (χ4n) is 1.83. The number of rotatable bonds is 2. The van der Waals surface area contributed by atoms with Gasteiger partial charge in [0, 0.05) is 13.1 Å². The van der Waals surface area contributed by atoms with Crippen LogP contribution in [0.25, 0.3) is 0 Å². The summed E-state index contributed by atoms with van der Waals surface area (Å²) in [7, 11) is 0. The maximum absolute atomic E-state index is 12.4. The number of amides is 2. The lowest BCUT2D eigenvalue weighted by atomic mass is 9.85. The molecule has 94 valence electrons. The van der Waals surface area contributed by atoms with Crippen molar-refractivity contribution >= 4 is 11.8 Å². The van der Waals surface area contributed by atoms with Crippen LogP contribution in [0.5, 0.6) is 0 Å². The lowest BCUT2D eigenvalue weighted by Crippen LogP contribution is -2.65. The summed E-state index contributed by atoms with van der Waals surface area (Å²) in [5.41, 5.74) is -1.93. The highest BCUT2D eigenvalue weighted by atomic mass is 16.2. The molecule has 1 rings (SSSR count). The third-order valence-electron chi connectivity index (χ3n) is 3.52. The van der Waals surface area contributed by atoms with E-state index in [1.807, 2.05) is 0 Å². The van der Waals surface area contributed by atoms with E-state index >= 15 is 0 Å². The quantitative estimate of drug-likeness (QED) is 0.767. The molecule has 1 fully saturated rings. The predicted molar refractivity (Wildman–Crippen MR) is 62.8 cm³/mol. The molecule has 1 N–H and O–H groups in total. The lowest BCUT2D eigenvalue weighted by Gasteiger charge is -2.43. The molecule has 0 bridgehead atoms. The second-order valence-corrected chi connectivity index (χ2v) is 5.07. The van der Waals surface area contributed by atoms with Crippen molar-refractivity contribution in [2.75, 3.05) is 13.1 Å². The van der Waals surface area contributed by atoms with E-state index in [4.69, 9.17) is 5.26 Å². The van der Waals surface area contributed by atoms with Gasteiger partial charge in [0.15, 0.2) is 0 Å². The van der Waals surface area contributed by atoms with E-state index in [2.05, 4.69) is 11.4 Å². The number of carbonyl (C=O) groups is 2. The van der Waals surface area contributed by atoms with Gasteiger partial charge in [-0.25, -0.2) is 0 Å². The molecule has 1 aliphatic heterocycles. The Kier molecular flexibility index (Phi) is 3.46. The zero-order valence-corrected chi connectivity index (χ0v) is 10.8. The molecule has 2 amide bonds. The Labute approximate surface area is 102 Å². The van der Waals surface area contributed by atoms with Crippen molar-refractivity contribution in [1.29, 1.82) is 5.26 Å². The fraction of sp³-hybridized carbons (Fsp3) is 0.750. The smallest absolute Gasteiger partial charge is 0.245 e. The summed E-state index contributed by atoms with van der Waals surface area (Å²) in [6.45, 7) is 7.73. The van der Waals surface area contributed by atoms with Crippen molar-refractivity contribution in [3.05, 3.63) is 0 Å². The molecule has 0 aromatic rings. The topological polar surface area (TPSA) is 73.2 Å². The predicted octanol–water partition coefficient (Wildman–Crippen LogP) is 0.663. The molecule has 5 heteroatoms. The van der Waals surface area contributed by atoms with Crippen molar-refractivity contribution in [2.45, 2.75) is 39.7 Å². The van der Waals surface area contributed by atoms with Gasteiger partial charge in [-0.15, -0.1) is 0 Å². The number of piperazine rings is 1. The molecule has 0 aromatic heterocycles. The average molecular weight is 237 g/mol. The summed E-state index contributed by atoms with van der Waals surface area (Å²) < 4.78 is 0. The molecule has 0 aromatic carbocycles. The van der Waals surface area contributed by atoms with Crippen LogP contribution in [-0.2, 0) is 9.59 Å². The molecule has 1 unspecified atom stereocenters. The van der Waals surface area contributed by atoms with Gasteiger partial charge >= 0.3 is 0 Å². The SMILES string of the molecule is CCC(C)(C#N)C(=O)N1CCNC(=O)C1(C)C. The third-order valence-corrected chi connectivity index (χ3v) is 3.52. The maximum atomic E-state index is 12.4. The zero-order valence-electron chi connectivity index (χ0n) is 10.8. The second-order valence-electron chi connectivity index (χ2n) is 5.07. The number of nitriles is 1. The van der Waals surface area contributed by atoms with E-state index in [1.54, 1.807) is 27.7 Å². The van der Waals surface area contributed by atoms with Gasteiger partial charge in [-0.1, -0.05) is 6.92 Å². The first-order chi connectivity index (χ1) is 7.79. The standard InChI is InChI=1S/C12H19N3O2/c1-5-12(4,8-13)10(17)15-7-6-14-9(16)11(15,2)3/h5-7H2,1-4H3,(H,14,16). The summed E-state index contributed by atoms with van der Waals surface area (Å²) in [5, 5.41) is 11.9. The van der Waals surface area contributed by atoms with Crippen LogP contribution in [0.1, 0.15) is 34.1 Å². The van der Waals surface area contributed by atoms with Crippen molar-refractivity contribution in [3.63, 3.8) is 0 Å². The van der Waals surface area contributed by atoms with Crippen LogP contribution in [0.15, 0.2) is 0 Å². The highest BCUT2D eigenvalue weighted by molar-refractivity contribution is 5.94. The molecule has 0 aliphatic carbocycles. The number of nitrogens with one attached hydrogen (secondary N) is 1. The minimum atomic E-state index is -1.05. The van der Waals surface area contributed by atoms with Gasteiger partial charge < -0.3 is 10.2 Å². The largest absolute Gasteiger partial charge is 0.352 e.